The van der Waals surface area contributed by atoms with Crippen molar-refractivity contribution < 1.29 is 14.5 Å². The largest absolute Gasteiger partial charge is 0.442 e. The highest BCUT2D eigenvalue weighted by atomic mass is 16.6. The Kier molecular flexibility index (Phi) is 4.09. The maximum atomic E-state index is 11.9. The highest BCUT2D eigenvalue weighted by Gasteiger charge is 2.36. The first-order valence-electron chi connectivity index (χ1n) is 7.50. The van der Waals surface area contributed by atoms with E-state index in [1.807, 2.05) is 6.08 Å². The minimum Gasteiger partial charge on any atom is -0.442 e. The van der Waals surface area contributed by atoms with Crippen LogP contribution >= 0.6 is 0 Å². The zero-order valence-electron chi connectivity index (χ0n) is 12.1. The van der Waals surface area contributed by atoms with Crippen LogP contribution in [0.1, 0.15) is 25.7 Å². The van der Waals surface area contributed by atoms with Crippen molar-refractivity contribution in [1.29, 1.82) is 0 Å². The first-order chi connectivity index (χ1) is 10.6. The van der Waals surface area contributed by atoms with Gasteiger partial charge in [-0.1, -0.05) is 6.08 Å². The molecule has 6 nitrogen and oxygen atoms in total. The molecule has 0 aliphatic heterocycles. The highest BCUT2D eigenvalue weighted by molar-refractivity contribution is 5.84. The Labute approximate surface area is 128 Å². The molecular weight excluding hydrogens is 284 g/mol. The molecule has 22 heavy (non-hydrogen) atoms. The number of benzene rings is 1. The van der Waals surface area contributed by atoms with Crippen molar-refractivity contribution >= 4 is 17.5 Å². The van der Waals surface area contributed by atoms with Crippen LogP contribution in [0.3, 0.4) is 0 Å². The van der Waals surface area contributed by atoms with E-state index in [4.69, 9.17) is 4.74 Å². The number of non-ortho nitro benzene ring substituents is 1. The van der Waals surface area contributed by atoms with Crippen LogP contribution in [0.5, 0.6) is 0 Å². The second kappa shape index (κ2) is 6.17. The molecule has 2 aliphatic rings. The van der Waals surface area contributed by atoms with Gasteiger partial charge in [0.05, 0.1) is 4.92 Å². The number of allylic oxidation sites excluding steroid dienone is 1. The Morgan fingerprint density at radius 1 is 1.23 bits per heavy atom. The lowest BCUT2D eigenvalue weighted by Crippen LogP contribution is -2.21. The molecule has 1 saturated carbocycles. The quantitative estimate of drug-likeness (QED) is 0.521. The number of rotatable bonds is 3. The van der Waals surface area contributed by atoms with Gasteiger partial charge in [-0.05, 0) is 55.7 Å². The Morgan fingerprint density at radius 2 is 2.00 bits per heavy atom. The molecule has 0 bridgehead atoms. The number of hydrogen-bond donors (Lipinski definition) is 1. The molecule has 0 radical (unpaired) electrons. The lowest BCUT2D eigenvalue weighted by Gasteiger charge is -2.16. The molecule has 0 heterocycles. The zero-order chi connectivity index (χ0) is 15.5. The predicted octanol–water partition coefficient (Wildman–Crippen LogP) is 3.89. The number of nitro benzene ring substituents is 1. The van der Waals surface area contributed by atoms with Crippen LogP contribution in [0.25, 0.3) is 0 Å². The van der Waals surface area contributed by atoms with E-state index in [0.717, 1.165) is 31.1 Å². The maximum absolute atomic E-state index is 11.9. The van der Waals surface area contributed by atoms with Gasteiger partial charge in [0.15, 0.2) is 0 Å². The minimum absolute atomic E-state index is 0.0131. The average Bonchev–Trinajstić information content (AvgIpc) is 3.20. The van der Waals surface area contributed by atoms with E-state index >= 15 is 0 Å². The SMILES string of the molecule is O=C(Nc1ccc([N+](=O)[O-])cc1)OC1/C=C\CC2CC2CC1. The number of nitrogens with one attached hydrogen (secondary N) is 1. The molecule has 3 atom stereocenters. The number of anilines is 1. The molecule has 0 saturated heterocycles. The molecule has 1 aromatic carbocycles. The molecule has 3 rings (SSSR count). The van der Waals surface area contributed by atoms with E-state index in [2.05, 4.69) is 11.4 Å². The summed E-state index contributed by atoms with van der Waals surface area (Å²) in [5.74, 6) is 1.64. The van der Waals surface area contributed by atoms with Gasteiger partial charge in [-0.2, -0.15) is 0 Å². The lowest BCUT2D eigenvalue weighted by molar-refractivity contribution is -0.384. The van der Waals surface area contributed by atoms with Gasteiger partial charge >= 0.3 is 6.09 Å². The van der Waals surface area contributed by atoms with Crippen LogP contribution in [0.4, 0.5) is 16.2 Å². The Hall–Kier alpha value is -2.37. The number of nitrogens with zero attached hydrogens (tertiary/aromatic N) is 1. The van der Waals surface area contributed by atoms with Gasteiger partial charge in [0.25, 0.3) is 5.69 Å². The fraction of sp³-hybridized carbons (Fsp3) is 0.438. The van der Waals surface area contributed by atoms with Crippen molar-refractivity contribution in [1.82, 2.24) is 0 Å². The molecule has 1 fully saturated rings. The molecule has 3 unspecified atom stereocenters. The van der Waals surface area contributed by atoms with Crippen LogP contribution < -0.4 is 5.32 Å². The van der Waals surface area contributed by atoms with Crippen molar-refractivity contribution in [2.45, 2.75) is 31.8 Å². The van der Waals surface area contributed by atoms with Gasteiger partial charge in [0.1, 0.15) is 6.10 Å². The summed E-state index contributed by atoms with van der Waals surface area (Å²) in [7, 11) is 0. The summed E-state index contributed by atoms with van der Waals surface area (Å²) < 4.78 is 5.40. The summed E-state index contributed by atoms with van der Waals surface area (Å²) >= 11 is 0. The molecule has 1 amide bonds. The van der Waals surface area contributed by atoms with Crippen molar-refractivity contribution in [2.75, 3.05) is 5.32 Å². The first kappa shape index (κ1) is 14.6. The summed E-state index contributed by atoms with van der Waals surface area (Å²) in [5, 5.41) is 13.2. The third kappa shape index (κ3) is 3.63. The lowest BCUT2D eigenvalue weighted by atomic mass is 10.0. The second-order valence-electron chi connectivity index (χ2n) is 5.87. The van der Waals surface area contributed by atoms with Gasteiger partial charge in [0.2, 0.25) is 0 Å². The van der Waals surface area contributed by atoms with E-state index in [1.54, 1.807) is 0 Å². The molecule has 2 aliphatic carbocycles. The van der Waals surface area contributed by atoms with Crippen molar-refractivity contribution in [3.63, 3.8) is 0 Å². The number of hydrogen-bond acceptors (Lipinski definition) is 4. The zero-order valence-corrected chi connectivity index (χ0v) is 12.1. The van der Waals surface area contributed by atoms with Crippen molar-refractivity contribution in [2.24, 2.45) is 11.8 Å². The topological polar surface area (TPSA) is 81.5 Å². The third-order valence-electron chi connectivity index (χ3n) is 4.26. The highest BCUT2D eigenvalue weighted by Crippen LogP contribution is 2.46. The molecule has 1 N–H and O–H groups in total. The molecule has 0 aromatic heterocycles. The number of nitro groups is 1. The molecular formula is C16H18N2O4. The summed E-state index contributed by atoms with van der Waals surface area (Å²) in [5.41, 5.74) is 0.466. The van der Waals surface area contributed by atoms with Gasteiger partial charge in [0, 0.05) is 17.8 Å². The Morgan fingerprint density at radius 3 is 2.73 bits per heavy atom. The van der Waals surface area contributed by atoms with Crippen LogP contribution in [0.2, 0.25) is 0 Å². The average molecular weight is 302 g/mol. The number of carbonyl (C=O) groups excluding carboxylic acids is 1. The van der Waals surface area contributed by atoms with Crippen LogP contribution in [-0.4, -0.2) is 17.1 Å². The summed E-state index contributed by atoms with van der Waals surface area (Å²) in [6.07, 6.45) is 7.67. The number of amides is 1. The van der Waals surface area contributed by atoms with Crippen LogP contribution in [-0.2, 0) is 4.74 Å². The monoisotopic (exact) mass is 302 g/mol. The molecule has 6 heteroatoms. The Bertz CT molecular complexity index is 597. The van der Waals surface area contributed by atoms with Gasteiger partial charge in [-0.15, -0.1) is 0 Å². The summed E-state index contributed by atoms with van der Waals surface area (Å²) in [6, 6.07) is 5.67. The normalized spacial score (nSPS) is 27.7. The minimum atomic E-state index is -0.531. The molecule has 1 aromatic rings. The smallest absolute Gasteiger partial charge is 0.412 e. The first-order valence-corrected chi connectivity index (χ1v) is 7.50. The van der Waals surface area contributed by atoms with Crippen molar-refractivity contribution in [3.8, 4) is 0 Å². The van der Waals surface area contributed by atoms with Crippen LogP contribution in [0.15, 0.2) is 36.4 Å². The van der Waals surface area contributed by atoms with E-state index in [1.165, 1.54) is 30.7 Å². The van der Waals surface area contributed by atoms with Gasteiger partial charge in [-0.3, -0.25) is 15.4 Å². The van der Waals surface area contributed by atoms with E-state index in [-0.39, 0.29) is 11.8 Å². The van der Waals surface area contributed by atoms with Gasteiger partial charge < -0.3 is 4.74 Å². The standard InChI is InChI=1S/C16H18N2O4/c19-16(17-13-5-7-14(8-6-13)18(20)21)22-15-3-1-2-11-10-12(11)4-9-15/h1,3,5-8,11-12,15H,2,4,9-10H2,(H,17,19)/b3-1-. The van der Waals surface area contributed by atoms with Gasteiger partial charge in [-0.25, -0.2) is 4.79 Å². The number of fused-ring (bicyclic) bond motifs is 1. The second-order valence-corrected chi connectivity index (χ2v) is 5.87. The fourth-order valence-corrected chi connectivity index (χ4v) is 2.88. The molecule has 0 spiro atoms. The summed E-state index contributed by atoms with van der Waals surface area (Å²) in [6.45, 7) is 0. The maximum Gasteiger partial charge on any atom is 0.412 e. The van der Waals surface area contributed by atoms with E-state index in [0.29, 0.717) is 5.69 Å². The van der Waals surface area contributed by atoms with Crippen molar-refractivity contribution in [3.05, 3.63) is 46.5 Å². The third-order valence-corrected chi connectivity index (χ3v) is 4.26. The van der Waals surface area contributed by atoms with E-state index in [9.17, 15) is 14.9 Å². The Balaban J connectivity index is 1.53. The van der Waals surface area contributed by atoms with Crippen LogP contribution in [0, 0.1) is 22.0 Å². The number of carbonyl (C=O) groups is 1. The van der Waals surface area contributed by atoms with E-state index < -0.39 is 11.0 Å². The number of ether oxygens (including phenoxy) is 1. The predicted molar refractivity (Wildman–Crippen MR) is 81.6 cm³/mol. The summed E-state index contributed by atoms with van der Waals surface area (Å²) in [4.78, 5) is 22.0. The molecule has 116 valence electrons. The fourth-order valence-electron chi connectivity index (χ4n) is 2.88.